The average Bonchev–Trinajstić information content (AvgIpc) is 3.12. The Kier molecular flexibility index (Phi) is 4.82. The molecule has 27 heavy (non-hydrogen) atoms. The van der Waals surface area contributed by atoms with Gasteiger partial charge in [-0.05, 0) is 42.9 Å². The summed E-state index contributed by atoms with van der Waals surface area (Å²) in [4.78, 5) is 8.54. The minimum atomic E-state index is -0.0425. The van der Waals surface area contributed by atoms with Gasteiger partial charge >= 0.3 is 0 Å². The fraction of sp³-hybridized carbons (Fsp3) is 0.500. The van der Waals surface area contributed by atoms with Crippen LogP contribution in [0.2, 0.25) is 0 Å². The van der Waals surface area contributed by atoms with E-state index in [9.17, 15) is 5.11 Å². The second kappa shape index (κ2) is 7.13. The molecule has 7 heteroatoms. The Balaban J connectivity index is 1.83. The van der Waals surface area contributed by atoms with Gasteiger partial charge in [0.05, 0.1) is 18.0 Å². The molecule has 0 bridgehead atoms. The predicted octanol–water partition coefficient (Wildman–Crippen LogP) is 3.88. The number of likely N-dealkylation sites (tertiary alicyclic amines) is 1. The molecule has 6 nitrogen and oxygen atoms in total. The van der Waals surface area contributed by atoms with Crippen molar-refractivity contribution in [3.63, 3.8) is 0 Å². The number of ether oxygens (including phenoxy) is 1. The number of aromatic nitrogens is 3. The van der Waals surface area contributed by atoms with Crippen molar-refractivity contribution in [3.8, 4) is 11.6 Å². The maximum atomic E-state index is 10.9. The summed E-state index contributed by atoms with van der Waals surface area (Å²) in [6.45, 7) is 8.44. The van der Waals surface area contributed by atoms with Crippen LogP contribution < -0.4 is 4.74 Å². The lowest BCUT2D eigenvalue weighted by atomic mass is 9.89. The molecule has 0 aliphatic carbocycles. The topological polar surface area (TPSA) is 62.9 Å². The highest BCUT2D eigenvalue weighted by atomic mass is 32.1. The third-order valence-corrected chi connectivity index (χ3v) is 6.30. The highest BCUT2D eigenvalue weighted by Crippen LogP contribution is 2.42. The Labute approximate surface area is 163 Å². The van der Waals surface area contributed by atoms with Gasteiger partial charge in [-0.15, -0.1) is 5.10 Å². The fourth-order valence-corrected chi connectivity index (χ4v) is 5.45. The zero-order valence-corrected chi connectivity index (χ0v) is 17.0. The first-order valence-electron chi connectivity index (χ1n) is 9.39. The number of methoxy groups -OCH3 is 1. The third-order valence-electron chi connectivity index (χ3n) is 5.23. The smallest absolute Gasteiger partial charge is 0.230 e. The normalized spacial score (nSPS) is 22.2. The van der Waals surface area contributed by atoms with E-state index < -0.39 is 0 Å². The van der Waals surface area contributed by atoms with Crippen molar-refractivity contribution < 1.29 is 9.84 Å². The lowest BCUT2D eigenvalue weighted by Gasteiger charge is -2.40. The van der Waals surface area contributed by atoms with Gasteiger partial charge in [-0.1, -0.05) is 37.3 Å². The molecule has 0 spiro atoms. The summed E-state index contributed by atoms with van der Waals surface area (Å²) in [5.74, 6) is 2.92. The molecule has 3 heterocycles. The van der Waals surface area contributed by atoms with Crippen molar-refractivity contribution >= 4 is 16.3 Å². The van der Waals surface area contributed by atoms with E-state index in [0.717, 1.165) is 34.2 Å². The van der Waals surface area contributed by atoms with E-state index in [1.165, 1.54) is 17.8 Å². The van der Waals surface area contributed by atoms with Crippen LogP contribution in [-0.2, 0) is 0 Å². The Morgan fingerprint density at radius 3 is 2.67 bits per heavy atom. The number of fused-ring (bicyclic) bond motifs is 1. The van der Waals surface area contributed by atoms with Crippen LogP contribution in [0.25, 0.3) is 4.96 Å². The van der Waals surface area contributed by atoms with E-state index in [-0.39, 0.29) is 11.9 Å². The first kappa shape index (κ1) is 18.3. The van der Waals surface area contributed by atoms with Crippen molar-refractivity contribution in [2.45, 2.75) is 33.2 Å². The van der Waals surface area contributed by atoms with Gasteiger partial charge in [0.1, 0.15) is 11.6 Å². The van der Waals surface area contributed by atoms with E-state index >= 15 is 0 Å². The molecule has 4 rings (SSSR count). The molecule has 0 radical (unpaired) electrons. The van der Waals surface area contributed by atoms with Gasteiger partial charge in [0.2, 0.25) is 10.8 Å². The standard InChI is InChI=1S/C20H26N4O2S/c1-12-8-13(2)11-23(10-12)17(15-6-5-7-16(9-15)26-4)18-19(25)24-20(27-18)21-14(3)22-24/h5-7,9,12-13,17,25H,8,10-11H2,1-4H3/t12-,13-,17-/m0/s1. The molecule has 1 aliphatic rings. The molecule has 144 valence electrons. The van der Waals surface area contributed by atoms with Gasteiger partial charge in [0, 0.05) is 13.1 Å². The van der Waals surface area contributed by atoms with E-state index in [1.807, 2.05) is 19.1 Å². The first-order chi connectivity index (χ1) is 13.0. The summed E-state index contributed by atoms with van der Waals surface area (Å²) >= 11 is 1.51. The van der Waals surface area contributed by atoms with Gasteiger partial charge in [0.25, 0.3) is 0 Å². The molecule has 3 atom stereocenters. The van der Waals surface area contributed by atoms with Crippen LogP contribution >= 0.6 is 11.3 Å². The molecule has 3 aromatic rings. The monoisotopic (exact) mass is 386 g/mol. The molecule has 0 saturated carbocycles. The number of rotatable bonds is 4. The molecule has 1 fully saturated rings. The molecule has 1 aromatic carbocycles. The highest BCUT2D eigenvalue weighted by molar-refractivity contribution is 7.17. The molecule has 1 aliphatic heterocycles. The van der Waals surface area contributed by atoms with Crippen molar-refractivity contribution in [1.82, 2.24) is 19.5 Å². The number of nitrogens with zero attached hydrogens (tertiary/aromatic N) is 4. The van der Waals surface area contributed by atoms with Gasteiger partial charge in [-0.2, -0.15) is 4.52 Å². The second-order valence-corrected chi connectivity index (χ2v) is 8.73. The van der Waals surface area contributed by atoms with Gasteiger partial charge in [0.15, 0.2) is 0 Å². The van der Waals surface area contributed by atoms with E-state index in [4.69, 9.17) is 4.74 Å². The molecule has 0 unspecified atom stereocenters. The quantitative estimate of drug-likeness (QED) is 0.737. The van der Waals surface area contributed by atoms with Gasteiger partial charge in [-0.25, -0.2) is 4.98 Å². The molecular weight excluding hydrogens is 360 g/mol. The van der Waals surface area contributed by atoms with E-state index in [0.29, 0.717) is 17.7 Å². The largest absolute Gasteiger partial charge is 0.497 e. The number of hydrogen-bond donors (Lipinski definition) is 1. The third kappa shape index (κ3) is 3.41. The zero-order valence-electron chi connectivity index (χ0n) is 16.2. The van der Waals surface area contributed by atoms with Crippen molar-refractivity contribution in [3.05, 3.63) is 40.5 Å². The Morgan fingerprint density at radius 1 is 1.26 bits per heavy atom. The minimum absolute atomic E-state index is 0.0425. The van der Waals surface area contributed by atoms with Gasteiger partial charge < -0.3 is 9.84 Å². The second-order valence-electron chi connectivity index (χ2n) is 7.72. The molecule has 2 aromatic heterocycles. The van der Waals surface area contributed by atoms with E-state index in [2.05, 4.69) is 41.0 Å². The maximum Gasteiger partial charge on any atom is 0.230 e. The Hall–Kier alpha value is -2.12. The summed E-state index contributed by atoms with van der Waals surface area (Å²) in [5.41, 5.74) is 1.12. The Bertz CT molecular complexity index is 941. The summed E-state index contributed by atoms with van der Waals surface area (Å²) < 4.78 is 7.01. The van der Waals surface area contributed by atoms with Crippen LogP contribution in [0.4, 0.5) is 0 Å². The average molecular weight is 387 g/mol. The van der Waals surface area contributed by atoms with Crippen LogP contribution in [0.5, 0.6) is 11.6 Å². The van der Waals surface area contributed by atoms with Crippen molar-refractivity contribution in [1.29, 1.82) is 0 Å². The number of benzene rings is 1. The zero-order chi connectivity index (χ0) is 19.1. The Morgan fingerprint density at radius 2 is 2.00 bits per heavy atom. The summed E-state index contributed by atoms with van der Waals surface area (Å²) in [6, 6.07) is 8.09. The van der Waals surface area contributed by atoms with Crippen LogP contribution in [-0.4, -0.2) is 44.8 Å². The molecule has 0 amide bonds. The molecular formula is C20H26N4O2S. The van der Waals surface area contributed by atoms with Crippen LogP contribution in [0.15, 0.2) is 24.3 Å². The summed E-state index contributed by atoms with van der Waals surface area (Å²) in [7, 11) is 1.68. The first-order valence-corrected chi connectivity index (χ1v) is 10.2. The van der Waals surface area contributed by atoms with Crippen LogP contribution in [0.1, 0.15) is 42.6 Å². The van der Waals surface area contributed by atoms with Gasteiger partial charge in [-0.3, -0.25) is 4.90 Å². The molecule has 1 saturated heterocycles. The number of thiazole rings is 1. The summed E-state index contributed by atoms with van der Waals surface area (Å²) in [6.07, 6.45) is 1.24. The van der Waals surface area contributed by atoms with E-state index in [1.54, 1.807) is 11.6 Å². The molecule has 1 N–H and O–H groups in total. The number of aromatic hydroxyl groups is 1. The highest BCUT2D eigenvalue weighted by Gasteiger charge is 2.33. The van der Waals surface area contributed by atoms with Crippen LogP contribution in [0, 0.1) is 18.8 Å². The SMILES string of the molecule is COc1cccc([C@@H](c2sc3nc(C)nn3c2O)N2C[C@@H](C)C[C@H](C)C2)c1. The fourth-order valence-electron chi connectivity index (χ4n) is 4.29. The summed E-state index contributed by atoms with van der Waals surface area (Å²) in [5, 5.41) is 15.3. The number of aryl methyl sites for hydroxylation is 1. The minimum Gasteiger partial charge on any atom is -0.497 e. The predicted molar refractivity (Wildman–Crippen MR) is 107 cm³/mol. The lowest BCUT2D eigenvalue weighted by molar-refractivity contribution is 0.111. The number of piperidine rings is 1. The van der Waals surface area contributed by atoms with Crippen molar-refractivity contribution in [2.75, 3.05) is 20.2 Å². The van der Waals surface area contributed by atoms with Crippen molar-refractivity contribution in [2.24, 2.45) is 11.8 Å². The lowest BCUT2D eigenvalue weighted by Crippen LogP contribution is -2.41. The number of hydrogen-bond acceptors (Lipinski definition) is 6. The van der Waals surface area contributed by atoms with Crippen LogP contribution in [0.3, 0.4) is 0 Å². The maximum absolute atomic E-state index is 10.9.